The van der Waals surface area contributed by atoms with Crippen LogP contribution in [0.3, 0.4) is 0 Å². The van der Waals surface area contributed by atoms with E-state index < -0.39 is 46.9 Å². The fraction of sp³-hybridized carbons (Fsp3) is 0.674. The molecule has 0 aliphatic carbocycles. The van der Waals surface area contributed by atoms with Gasteiger partial charge in [-0.15, -0.1) is 0 Å². The van der Waals surface area contributed by atoms with Gasteiger partial charge in [-0.25, -0.2) is 19.2 Å². The maximum Gasteiger partial charge on any atom is 0.519 e. The average molecular weight is 1790 g/mol. The predicted octanol–water partition coefficient (Wildman–Crippen LogP) is 8.17. The van der Waals surface area contributed by atoms with E-state index in [9.17, 15) is 34.5 Å². The van der Waals surface area contributed by atoms with E-state index in [1.54, 1.807) is 53.4 Å². The minimum atomic E-state index is -1.06. The van der Waals surface area contributed by atoms with Gasteiger partial charge in [-0.2, -0.15) is 0 Å². The summed E-state index contributed by atoms with van der Waals surface area (Å²) in [5, 5.41) is 94.9. The number of nitrogens with zero attached hydrogens (tertiary/aromatic N) is 6. The van der Waals surface area contributed by atoms with E-state index in [1.165, 1.54) is 46.4 Å². The van der Waals surface area contributed by atoms with Crippen LogP contribution in [0.1, 0.15) is 133 Å². The predicted molar refractivity (Wildman–Crippen MR) is 476 cm³/mol. The molecule has 5 aliphatic rings. The number of β-amino-alcohol motifs (C(OH)–C–C–N with tert-alkyl or cyclic N) is 5. The average Bonchev–Trinajstić information content (AvgIpc) is 1.84. The van der Waals surface area contributed by atoms with E-state index in [-0.39, 0.29) is 50.6 Å². The van der Waals surface area contributed by atoms with Gasteiger partial charge in [-0.1, -0.05) is 161 Å². The highest BCUT2D eigenvalue weighted by molar-refractivity contribution is 9.09. The molecule has 676 valence electrons. The summed E-state index contributed by atoms with van der Waals surface area (Å²) in [5.74, 6) is 0. The summed E-state index contributed by atoms with van der Waals surface area (Å²) in [6, 6.07) is 42.3. The Morgan fingerprint density at radius 3 is 1.18 bits per heavy atom. The molecule has 5 aliphatic heterocycles. The lowest BCUT2D eigenvalue weighted by Crippen LogP contribution is -2.41. The van der Waals surface area contributed by atoms with E-state index >= 15 is 0 Å². The number of aliphatic hydroxyl groups is 9. The molecule has 5 fully saturated rings. The first-order valence-electron chi connectivity index (χ1n) is 40.1. The van der Waals surface area contributed by atoms with E-state index in [0.29, 0.717) is 56.5 Å². The number of amides is 2. The van der Waals surface area contributed by atoms with E-state index in [4.69, 9.17) is 49.6 Å². The first-order chi connectivity index (χ1) is 54.8. The highest BCUT2D eigenvalue weighted by atomic mass is 79.9. The van der Waals surface area contributed by atoms with E-state index in [2.05, 4.69) is 187 Å². The zero-order valence-electron chi connectivity index (χ0n) is 72.9. The van der Waals surface area contributed by atoms with Gasteiger partial charge in [0.25, 0.3) is 0 Å². The van der Waals surface area contributed by atoms with Crippen LogP contribution >= 0.6 is 31.9 Å². The lowest BCUT2D eigenvalue weighted by molar-refractivity contribution is -0.0295. The number of benzene rings is 4. The molecule has 5 heterocycles. The highest BCUT2D eigenvalue weighted by Crippen LogP contribution is 2.17. The van der Waals surface area contributed by atoms with Crippen LogP contribution in [0.2, 0.25) is 0 Å². The number of alkyl halides is 2. The summed E-state index contributed by atoms with van der Waals surface area (Å²) in [7, 11) is 5.96. The van der Waals surface area contributed by atoms with Crippen molar-refractivity contribution in [1.29, 1.82) is 0 Å². The minimum Gasteiger partial charge on any atom is -0.444 e. The Morgan fingerprint density at radius 2 is 0.778 bits per heavy atom. The van der Waals surface area contributed by atoms with Crippen molar-refractivity contribution < 1.29 is 88.8 Å². The summed E-state index contributed by atoms with van der Waals surface area (Å²) in [4.78, 5) is 57.4. The minimum absolute atomic E-state index is 0. The molecule has 5 saturated heterocycles. The summed E-state index contributed by atoms with van der Waals surface area (Å²) >= 11 is 6.19. The lowest BCUT2D eigenvalue weighted by atomic mass is 10.1. The summed E-state index contributed by atoms with van der Waals surface area (Å²) < 4.78 is 24.3. The number of hydrogen-bond acceptors (Lipinski definition) is 27. The van der Waals surface area contributed by atoms with Crippen LogP contribution in [-0.4, -0.2) is 342 Å². The van der Waals surface area contributed by atoms with Crippen LogP contribution in [0.5, 0.6) is 0 Å². The van der Waals surface area contributed by atoms with Crippen molar-refractivity contribution in [2.45, 2.75) is 195 Å². The van der Waals surface area contributed by atoms with Crippen molar-refractivity contribution in [3.05, 3.63) is 144 Å². The van der Waals surface area contributed by atoms with Crippen LogP contribution in [0.15, 0.2) is 121 Å². The van der Waals surface area contributed by atoms with Gasteiger partial charge < -0.3 is 116 Å². The van der Waals surface area contributed by atoms with Crippen LogP contribution in [0.4, 0.5) is 19.2 Å². The van der Waals surface area contributed by atoms with Gasteiger partial charge >= 0.3 is 24.5 Å². The lowest BCUT2D eigenvalue weighted by Gasteiger charge is -2.26. The van der Waals surface area contributed by atoms with E-state index in [0.717, 1.165) is 125 Å². The molecular formula is C86H155Br2N11O18. The number of ether oxygens (including phenoxy) is 5. The maximum atomic E-state index is 11.8. The quantitative estimate of drug-likeness (QED) is 0.0197. The second-order valence-corrected chi connectivity index (χ2v) is 33.1. The number of carbonyl (C=O) groups is 4. The van der Waals surface area contributed by atoms with Gasteiger partial charge in [0.2, 0.25) is 0 Å². The molecule has 0 radical (unpaired) electrons. The SMILES string of the molecule is C.CC(C)(C)OC(=O)N1CCNCC(O)C1.CC(C)(C)OC(=O)OC(=O)OC(C)(C)C.CCO.CN1CCN(C(=O)OC(C)(C)C)CC(O)C1.CN1CCNCC(O)C1.CO.CO.OC(CBr)CBr.OC1CN(Cc2ccccc2)CCN(Cc2ccccc2)C1.OC1CNCCNC1.c1ccc(CCCCNCc2ccccc2)cc1. The number of nitrogens with one attached hydrogen (secondary N) is 5. The number of aryl methyl sites for hydroxylation is 1. The molecule has 31 heteroatoms. The van der Waals surface area contributed by atoms with Crippen molar-refractivity contribution >= 4 is 56.4 Å². The summed E-state index contributed by atoms with van der Waals surface area (Å²) in [6.07, 6.45) is -1.04. The van der Waals surface area contributed by atoms with Crippen molar-refractivity contribution in [3.63, 3.8) is 0 Å². The summed E-state index contributed by atoms with van der Waals surface area (Å²) in [5.41, 5.74) is 3.07. The molecule has 4 aromatic carbocycles. The number of unbranched alkanes of at least 4 members (excludes halogenated alkanes) is 1. The number of rotatable bonds is 13. The monoisotopic (exact) mass is 1790 g/mol. The molecule has 9 rings (SSSR count). The molecule has 0 bridgehead atoms. The number of carbonyl (C=O) groups excluding carboxylic acids is 4. The van der Waals surface area contributed by atoms with Crippen molar-refractivity contribution in [1.82, 2.24) is 56.0 Å². The molecule has 3 unspecified atom stereocenters. The fourth-order valence-electron chi connectivity index (χ4n) is 10.7. The van der Waals surface area contributed by atoms with Gasteiger partial charge in [0.05, 0.1) is 49.7 Å². The van der Waals surface area contributed by atoms with Crippen molar-refractivity contribution in [2.75, 3.05) is 183 Å². The van der Waals surface area contributed by atoms with Crippen LogP contribution in [-0.2, 0) is 49.7 Å². The molecule has 0 saturated carbocycles. The first-order valence-corrected chi connectivity index (χ1v) is 42.4. The standard InChI is InChI=1S/C19H24N2O.C17H21N.C11H22N2O3.C10H20N2O3.C10H18O5.C6H14N2O.C5H12N2O.C3H6Br2O.C2H6O.2CH4O.CH4/c22-19-15-20(13-17-7-3-1-4-8-17)11-12-21(16-19)14-18-9-5-2-6-10-18;1-3-9-16(10-4-1)11-7-8-14-18-15-17-12-5-2-6-13-17;1-11(2,3)16-10(15)13-6-5-12(4)7-9(14)8-13;1-10(2,3)15-9(14)12-5-4-11-6-8(13)7-12;1-9(2,3)14-7(11)13-8(12)15-10(4,5)6;1-8-3-2-7-4-6(9)5-8;8-5-3-6-1-2-7-4-5;4-1-3(6)2-5;1-2-3;2*1-2;/h1-10,19,22H,11-16H2;1-6,9-10,12-13,18H,7-8,11,14-15H2;9,14H,5-8H2,1-4H3;8,11,13H,4-7H2,1-3H3;1-6H3;6-7,9H,2-5H2,1H3;5-8H,1-4H2;3,6H,1-2H2;3H,2H2,1H3;2*2H,1H3;1H4. The van der Waals surface area contributed by atoms with Crippen LogP contribution < -0.4 is 26.6 Å². The molecule has 0 spiro atoms. The smallest absolute Gasteiger partial charge is 0.444 e. The Labute approximate surface area is 719 Å². The first kappa shape index (κ1) is 116. The molecular weight excluding hydrogens is 1630 g/mol. The number of halogens is 2. The van der Waals surface area contributed by atoms with Crippen molar-refractivity contribution in [3.8, 4) is 0 Å². The van der Waals surface area contributed by atoms with Gasteiger partial charge in [-0.3, -0.25) is 9.80 Å². The zero-order valence-corrected chi connectivity index (χ0v) is 76.0. The van der Waals surface area contributed by atoms with Crippen LogP contribution in [0, 0.1) is 0 Å². The van der Waals surface area contributed by atoms with Gasteiger partial charge in [-0.05, 0) is 152 Å². The fourth-order valence-corrected chi connectivity index (χ4v) is 11.7. The molecule has 2 amide bonds. The Kier molecular flexibility index (Phi) is 68.1. The number of aliphatic hydroxyl groups excluding tert-OH is 9. The molecule has 0 aromatic heterocycles. The third kappa shape index (κ3) is 69.7. The Hall–Kier alpha value is -5.60. The summed E-state index contributed by atoms with van der Waals surface area (Å²) in [6.45, 7) is 41.8. The topological polar surface area (TPSA) is 376 Å². The Morgan fingerprint density at radius 1 is 0.444 bits per heavy atom. The second-order valence-electron chi connectivity index (χ2n) is 31.8. The Balaban J connectivity index is -0.00000128. The van der Waals surface area contributed by atoms with Gasteiger partial charge in [0, 0.05) is 169 Å². The number of hydrogen-bond donors (Lipinski definition) is 14. The zero-order chi connectivity index (χ0) is 88.0. The molecule has 3 atom stereocenters. The van der Waals surface area contributed by atoms with Crippen LogP contribution in [0.25, 0.3) is 0 Å². The normalized spacial score (nSPS) is 17.8. The van der Waals surface area contributed by atoms with E-state index in [1.807, 2.05) is 72.7 Å². The highest BCUT2D eigenvalue weighted by Gasteiger charge is 2.29. The number of likely N-dealkylation sites (N-methyl/N-ethyl adjacent to an activating group) is 2. The van der Waals surface area contributed by atoms with Crippen molar-refractivity contribution in [2.24, 2.45) is 0 Å². The third-order valence-electron chi connectivity index (χ3n) is 15.7. The third-order valence-corrected chi connectivity index (χ3v) is 17.2. The Bertz CT molecular complexity index is 2860. The second kappa shape index (κ2) is 69.0. The largest absolute Gasteiger partial charge is 0.519 e. The molecule has 4 aromatic rings. The van der Waals surface area contributed by atoms with Gasteiger partial charge in [0.1, 0.15) is 22.4 Å². The molecule has 117 heavy (non-hydrogen) atoms. The molecule has 14 N–H and O–H groups in total. The maximum absolute atomic E-state index is 11.8. The molecule has 29 nitrogen and oxygen atoms in total. The van der Waals surface area contributed by atoms with Gasteiger partial charge in [0.15, 0.2) is 0 Å².